The van der Waals surface area contributed by atoms with Gasteiger partial charge in [-0.2, -0.15) is 0 Å². The third kappa shape index (κ3) is 10.6. The lowest BCUT2D eigenvalue weighted by Gasteiger charge is -2.40. The van der Waals surface area contributed by atoms with Gasteiger partial charge in [0.1, 0.15) is 24.9 Å². The van der Waals surface area contributed by atoms with Crippen LogP contribution in [-0.4, -0.2) is 128 Å². The number of ether oxygens (including phenoxy) is 6. The van der Waals surface area contributed by atoms with E-state index >= 15 is 0 Å². The Kier molecular flexibility index (Phi) is 16.7. The van der Waals surface area contributed by atoms with Crippen molar-refractivity contribution >= 4 is 23.6 Å². The third-order valence-corrected chi connectivity index (χ3v) is 9.53. The van der Waals surface area contributed by atoms with Crippen LogP contribution in [0.5, 0.6) is 0 Å². The van der Waals surface area contributed by atoms with Crippen molar-refractivity contribution in [3.05, 3.63) is 22.8 Å². The first kappa shape index (κ1) is 43.4. The van der Waals surface area contributed by atoms with Crippen LogP contribution in [0.2, 0.25) is 0 Å². The number of hydrogen-bond donors (Lipinski definition) is 5. The van der Waals surface area contributed by atoms with Crippen molar-refractivity contribution in [2.45, 2.75) is 117 Å². The first-order valence-corrected chi connectivity index (χ1v) is 17.0. The van der Waals surface area contributed by atoms with Gasteiger partial charge in [0.2, 0.25) is 5.91 Å². The molecular weight excluding hydrogens is 658 g/mol. The summed E-state index contributed by atoms with van der Waals surface area (Å²) in [7, 11) is 2.83. The molecule has 4 unspecified atom stereocenters. The highest BCUT2D eigenvalue weighted by Gasteiger charge is 2.66. The van der Waals surface area contributed by atoms with E-state index in [2.05, 4.69) is 5.32 Å². The number of ketones is 1. The molecule has 0 aliphatic heterocycles. The second-order valence-corrected chi connectivity index (χ2v) is 13.4. The molecule has 15 nitrogen and oxygen atoms in total. The van der Waals surface area contributed by atoms with E-state index in [1.54, 1.807) is 13.0 Å². The molecule has 1 spiro atoms. The molecule has 1 amide bonds. The van der Waals surface area contributed by atoms with Crippen LogP contribution in [0.3, 0.4) is 0 Å². The minimum atomic E-state index is -1.49. The number of methoxy groups -OCH3 is 2. The quantitative estimate of drug-likeness (QED) is 0.0940. The highest BCUT2D eigenvalue weighted by molar-refractivity contribution is 6.09. The van der Waals surface area contributed by atoms with Gasteiger partial charge in [0.05, 0.1) is 38.4 Å². The molecule has 286 valence electrons. The van der Waals surface area contributed by atoms with Crippen LogP contribution in [0, 0.1) is 10.8 Å². The predicted octanol–water partition coefficient (Wildman–Crippen LogP) is 1.23. The number of hydrogen-bond acceptors (Lipinski definition) is 14. The van der Waals surface area contributed by atoms with E-state index in [1.807, 2.05) is 34.6 Å². The molecule has 0 radical (unpaired) electrons. The van der Waals surface area contributed by atoms with E-state index in [0.717, 1.165) is 5.57 Å². The van der Waals surface area contributed by atoms with Gasteiger partial charge in [0, 0.05) is 42.6 Å². The maximum Gasteiger partial charge on any atom is 0.326 e. The first-order valence-electron chi connectivity index (χ1n) is 17.0. The number of aliphatic hydroxyl groups excluding tert-OH is 3. The molecule has 0 heterocycles. The number of aliphatic hydroxyl groups is 4. The SMILES string of the molecule is CCC(CO)OC(CO)OC.CCC(CO)OC(COC(=O)CCC(=O)NCC(=O)O[C@H]1C2=C(C)C3(CC3)[C@](C)(O)C(=O)C2=CC1(C)C)OC. The molecule has 1 saturated carbocycles. The molecule has 0 aromatic carbocycles. The summed E-state index contributed by atoms with van der Waals surface area (Å²) in [6.45, 7) is 9.86. The van der Waals surface area contributed by atoms with Crippen LogP contribution in [-0.2, 0) is 47.6 Å². The smallest absolute Gasteiger partial charge is 0.326 e. The largest absolute Gasteiger partial charge is 0.460 e. The lowest BCUT2D eigenvalue weighted by molar-refractivity contribution is -0.194. The second kappa shape index (κ2) is 19.2. The number of Topliss-reactive ketones (excluding diaryl/α,β-unsaturated/α-hetero) is 1. The third-order valence-electron chi connectivity index (χ3n) is 9.53. The fourth-order valence-corrected chi connectivity index (χ4v) is 6.11. The maximum atomic E-state index is 13.2. The fourth-order valence-electron chi connectivity index (χ4n) is 6.11. The van der Waals surface area contributed by atoms with Crippen LogP contribution in [0.4, 0.5) is 0 Å². The highest BCUT2D eigenvalue weighted by Crippen LogP contribution is 2.65. The van der Waals surface area contributed by atoms with E-state index in [0.29, 0.717) is 36.8 Å². The van der Waals surface area contributed by atoms with Gasteiger partial charge in [-0.05, 0) is 39.5 Å². The van der Waals surface area contributed by atoms with E-state index in [-0.39, 0.29) is 51.2 Å². The molecule has 1 fully saturated rings. The molecular formula is C35H57NO14. The number of amides is 1. The molecule has 0 bridgehead atoms. The zero-order chi connectivity index (χ0) is 37.9. The number of carbonyl (C=O) groups is 4. The Morgan fingerprint density at radius 3 is 1.94 bits per heavy atom. The summed E-state index contributed by atoms with van der Waals surface area (Å²) in [5.74, 6) is -2.20. The summed E-state index contributed by atoms with van der Waals surface area (Å²) in [6.07, 6.45) is 1.11. The molecule has 50 heavy (non-hydrogen) atoms. The van der Waals surface area contributed by atoms with Gasteiger partial charge in [-0.25, -0.2) is 0 Å². The molecule has 3 aliphatic rings. The summed E-state index contributed by atoms with van der Waals surface area (Å²) < 4.78 is 31.3. The van der Waals surface area contributed by atoms with Crippen molar-refractivity contribution in [2.75, 3.05) is 47.2 Å². The molecule has 0 aromatic heterocycles. The molecule has 0 saturated heterocycles. The zero-order valence-corrected chi connectivity index (χ0v) is 30.6. The number of rotatable bonds is 19. The molecule has 3 aliphatic carbocycles. The number of esters is 2. The Hall–Kier alpha value is -2.76. The van der Waals surface area contributed by atoms with Crippen molar-refractivity contribution in [2.24, 2.45) is 10.8 Å². The molecule has 6 atom stereocenters. The van der Waals surface area contributed by atoms with Crippen molar-refractivity contribution in [1.82, 2.24) is 5.32 Å². The van der Waals surface area contributed by atoms with Gasteiger partial charge in [-0.1, -0.05) is 39.3 Å². The van der Waals surface area contributed by atoms with E-state index in [9.17, 15) is 29.4 Å². The Morgan fingerprint density at radius 2 is 1.46 bits per heavy atom. The lowest BCUT2D eigenvalue weighted by Crippen LogP contribution is -2.50. The van der Waals surface area contributed by atoms with Gasteiger partial charge in [-0.3, -0.25) is 19.2 Å². The summed E-state index contributed by atoms with van der Waals surface area (Å²) in [6, 6.07) is 0. The molecule has 3 rings (SSSR count). The Morgan fingerprint density at radius 1 is 0.900 bits per heavy atom. The zero-order valence-electron chi connectivity index (χ0n) is 30.6. The lowest BCUT2D eigenvalue weighted by atomic mass is 9.67. The minimum Gasteiger partial charge on any atom is -0.460 e. The second-order valence-electron chi connectivity index (χ2n) is 13.4. The van der Waals surface area contributed by atoms with Gasteiger partial charge in [0.15, 0.2) is 18.4 Å². The summed E-state index contributed by atoms with van der Waals surface area (Å²) >= 11 is 0. The summed E-state index contributed by atoms with van der Waals surface area (Å²) in [5.41, 5.74) is -0.893. The summed E-state index contributed by atoms with van der Waals surface area (Å²) in [4.78, 5) is 50.1. The maximum absolute atomic E-state index is 13.2. The number of fused-ring (bicyclic) bond motifs is 1. The molecule has 15 heteroatoms. The monoisotopic (exact) mass is 715 g/mol. The van der Waals surface area contributed by atoms with Crippen molar-refractivity contribution < 1.29 is 68.0 Å². The Balaban J connectivity index is 0.000000677. The Labute approximate surface area is 294 Å². The summed E-state index contributed by atoms with van der Waals surface area (Å²) in [5, 5.41) is 40.0. The first-order chi connectivity index (χ1) is 23.5. The minimum absolute atomic E-state index is 0.0453. The van der Waals surface area contributed by atoms with Crippen molar-refractivity contribution in [3.8, 4) is 0 Å². The average molecular weight is 716 g/mol. The molecule has 0 aromatic rings. The number of nitrogens with one attached hydrogen (secondary N) is 1. The van der Waals surface area contributed by atoms with Crippen LogP contribution < -0.4 is 5.32 Å². The topological polar surface area (TPSA) is 217 Å². The normalized spacial score (nSPS) is 23.9. The van der Waals surface area contributed by atoms with Gasteiger partial charge in [-0.15, -0.1) is 0 Å². The Bertz CT molecular complexity index is 1220. The van der Waals surface area contributed by atoms with Crippen LogP contribution >= 0.6 is 0 Å². The van der Waals surface area contributed by atoms with Crippen LogP contribution in [0.1, 0.15) is 80.1 Å². The highest BCUT2D eigenvalue weighted by atomic mass is 16.7. The van der Waals surface area contributed by atoms with Crippen molar-refractivity contribution in [1.29, 1.82) is 0 Å². The van der Waals surface area contributed by atoms with Crippen LogP contribution in [0.15, 0.2) is 22.8 Å². The average Bonchev–Trinajstić information content (AvgIpc) is 3.87. The van der Waals surface area contributed by atoms with E-state index < -0.39 is 65.6 Å². The van der Waals surface area contributed by atoms with Gasteiger partial charge in [0.25, 0.3) is 0 Å². The van der Waals surface area contributed by atoms with Crippen molar-refractivity contribution in [3.63, 3.8) is 0 Å². The number of carbonyl (C=O) groups excluding carboxylic acids is 4. The van der Waals surface area contributed by atoms with Gasteiger partial charge >= 0.3 is 11.9 Å². The molecule has 5 N–H and O–H groups in total. The van der Waals surface area contributed by atoms with E-state index in [4.69, 9.17) is 38.6 Å². The standard InChI is InChI=1S/C28H41NO10.C7H16O4/c1-7-17(14-30)38-22(36-6)15-37-20(32)9-8-19(31)29-13-21(33)39-25-23-16(2)28(10-11-28)27(5,35)24(34)18(23)12-26(25,3)4;1-3-6(4-8)11-7(5-9)10-2/h12,17,22,25,30,35H,7-11,13-15H2,1-6H3,(H,29,31);6-9H,3-5H2,1-2H3/t17?,22?,25-,27+;/m0./s1. The van der Waals surface area contributed by atoms with E-state index in [1.165, 1.54) is 14.2 Å². The van der Waals surface area contributed by atoms with Gasteiger partial charge < -0.3 is 54.2 Å². The fraction of sp³-hybridized carbons (Fsp3) is 0.771. The predicted molar refractivity (Wildman–Crippen MR) is 178 cm³/mol. The van der Waals surface area contributed by atoms with Crippen LogP contribution in [0.25, 0.3) is 0 Å².